The van der Waals surface area contributed by atoms with Crippen molar-refractivity contribution in [3.63, 3.8) is 0 Å². The van der Waals surface area contributed by atoms with Crippen LogP contribution in [0, 0.1) is 10.1 Å². The molecule has 1 aliphatic heterocycles. The molecule has 0 fully saturated rings. The van der Waals surface area contributed by atoms with Crippen LogP contribution in [0.15, 0.2) is 52.4 Å². The molecule has 0 saturated heterocycles. The van der Waals surface area contributed by atoms with E-state index in [1.54, 1.807) is 11.9 Å². The Kier molecular flexibility index (Phi) is 9.19. The second kappa shape index (κ2) is 12.1. The number of sulfone groups is 1. The van der Waals surface area contributed by atoms with Crippen LogP contribution in [0.4, 0.5) is 5.69 Å². The molecule has 0 radical (unpaired) electrons. The van der Waals surface area contributed by atoms with Gasteiger partial charge in [-0.15, -0.1) is 0 Å². The van der Waals surface area contributed by atoms with E-state index >= 15 is 0 Å². The molecule has 1 heterocycles. The smallest absolute Gasteiger partial charge is 0.289 e. The van der Waals surface area contributed by atoms with Crippen molar-refractivity contribution >= 4 is 38.9 Å². The van der Waals surface area contributed by atoms with E-state index in [1.807, 2.05) is 24.3 Å². The van der Waals surface area contributed by atoms with Gasteiger partial charge in [-0.3, -0.25) is 19.9 Å². The lowest BCUT2D eigenvalue weighted by Crippen LogP contribution is -2.30. The highest BCUT2D eigenvalue weighted by atomic mass is 35.5. The van der Waals surface area contributed by atoms with E-state index < -0.39 is 26.3 Å². The van der Waals surface area contributed by atoms with Crippen LogP contribution in [0.3, 0.4) is 0 Å². The van der Waals surface area contributed by atoms with Crippen molar-refractivity contribution in [2.75, 3.05) is 39.1 Å². The highest BCUT2D eigenvalue weighted by molar-refractivity contribution is 7.91. The molecule has 2 aromatic rings. The number of halogens is 1. The third-order valence-corrected chi connectivity index (χ3v) is 7.45. The minimum atomic E-state index is -3.78. The zero-order valence-electron chi connectivity index (χ0n) is 19.4. The number of nitrogens with zero attached hydrogens (tertiary/aromatic N) is 3. The first kappa shape index (κ1) is 26.6. The molecule has 0 spiro atoms. The Morgan fingerprint density at radius 1 is 1.26 bits per heavy atom. The second-order valence-corrected chi connectivity index (χ2v) is 10.5. The van der Waals surface area contributed by atoms with Crippen molar-refractivity contribution in [1.29, 1.82) is 0 Å². The maximum absolute atomic E-state index is 12.4. The van der Waals surface area contributed by atoms with Gasteiger partial charge in [0.15, 0.2) is 9.84 Å². The lowest BCUT2D eigenvalue weighted by molar-refractivity contribution is -0.384. The number of hydrogen-bond acceptors (Lipinski definition) is 8. The molecule has 2 aromatic carbocycles. The first-order valence-electron chi connectivity index (χ1n) is 11.2. The molecule has 2 N–H and O–H groups in total. The van der Waals surface area contributed by atoms with E-state index in [1.165, 1.54) is 12.1 Å². The maximum Gasteiger partial charge on any atom is 0.289 e. The molecule has 3 rings (SSSR count). The van der Waals surface area contributed by atoms with Crippen LogP contribution in [-0.4, -0.2) is 69.1 Å². The largest absolute Gasteiger partial charge is 0.368 e. The van der Waals surface area contributed by atoms with E-state index in [0.717, 1.165) is 42.5 Å². The van der Waals surface area contributed by atoms with Crippen LogP contribution in [0.1, 0.15) is 24.0 Å². The molecule has 0 saturated carbocycles. The lowest BCUT2D eigenvalue weighted by atomic mass is 10.1. The molecule has 0 bridgehead atoms. The Morgan fingerprint density at radius 2 is 2.00 bits per heavy atom. The third kappa shape index (κ3) is 7.48. The summed E-state index contributed by atoms with van der Waals surface area (Å²) in [5, 5.41) is 16.9. The first-order chi connectivity index (χ1) is 16.7. The zero-order valence-corrected chi connectivity index (χ0v) is 20.9. The van der Waals surface area contributed by atoms with E-state index in [2.05, 4.69) is 15.6 Å². The van der Waals surface area contributed by atoms with Crippen molar-refractivity contribution in [2.45, 2.75) is 24.2 Å². The topological polar surface area (TPSA) is 134 Å². The Labute approximate surface area is 209 Å². The summed E-state index contributed by atoms with van der Waals surface area (Å²) in [7, 11) is -2.03. The van der Waals surface area contributed by atoms with Crippen molar-refractivity contribution in [3.8, 4) is 0 Å². The molecule has 1 aliphatic rings. The summed E-state index contributed by atoms with van der Waals surface area (Å²) >= 11 is 5.74. The molecular weight excluding hydrogens is 494 g/mol. The highest BCUT2D eigenvalue weighted by Gasteiger charge is 2.20. The van der Waals surface area contributed by atoms with Crippen LogP contribution >= 0.6 is 11.6 Å². The predicted molar refractivity (Wildman–Crippen MR) is 135 cm³/mol. The molecule has 12 heteroatoms. The minimum Gasteiger partial charge on any atom is -0.368 e. The SMILES string of the molecule is CN(CCc1ccc(C2=NCCN2)cc1)C(=O)CCCNCS(=O)(=O)c1ccc(Cl)c([N+](=O)[O-])c1. The highest BCUT2D eigenvalue weighted by Crippen LogP contribution is 2.27. The summed E-state index contributed by atoms with van der Waals surface area (Å²) in [4.78, 5) is 28.5. The summed E-state index contributed by atoms with van der Waals surface area (Å²) in [6.45, 7) is 2.55. The number of aliphatic imine (C=N–C) groups is 1. The van der Waals surface area contributed by atoms with Gasteiger partial charge in [0.25, 0.3) is 5.69 Å². The number of likely N-dealkylation sites (N-methyl/N-ethyl adjacent to an activating group) is 1. The number of carbonyl (C=O) groups is 1. The number of nitro benzene ring substituents is 1. The fourth-order valence-corrected chi connectivity index (χ4v) is 4.85. The van der Waals surface area contributed by atoms with Crippen LogP contribution in [-0.2, 0) is 21.1 Å². The van der Waals surface area contributed by atoms with Gasteiger partial charge in [-0.25, -0.2) is 8.42 Å². The van der Waals surface area contributed by atoms with Crippen LogP contribution in [0.25, 0.3) is 0 Å². The van der Waals surface area contributed by atoms with Crippen molar-refractivity contribution in [2.24, 2.45) is 4.99 Å². The molecule has 10 nitrogen and oxygen atoms in total. The Balaban J connectivity index is 1.37. The third-order valence-electron chi connectivity index (χ3n) is 5.57. The Bertz CT molecular complexity index is 1200. The number of carbonyl (C=O) groups excluding carboxylic acids is 1. The molecule has 1 amide bonds. The number of nitrogens with one attached hydrogen (secondary N) is 2. The number of benzene rings is 2. The summed E-state index contributed by atoms with van der Waals surface area (Å²) in [5.74, 6) is 0.497. The number of amides is 1. The second-order valence-electron chi connectivity index (χ2n) is 8.15. The van der Waals surface area contributed by atoms with Gasteiger partial charge in [-0.1, -0.05) is 35.9 Å². The van der Waals surface area contributed by atoms with Crippen LogP contribution in [0.5, 0.6) is 0 Å². The number of hydrogen-bond donors (Lipinski definition) is 2. The van der Waals surface area contributed by atoms with Gasteiger partial charge >= 0.3 is 0 Å². The van der Waals surface area contributed by atoms with Gasteiger partial charge < -0.3 is 15.5 Å². The zero-order chi connectivity index (χ0) is 25.4. The van der Waals surface area contributed by atoms with Gasteiger partial charge in [0.1, 0.15) is 16.7 Å². The average molecular weight is 522 g/mol. The fourth-order valence-electron chi connectivity index (χ4n) is 3.51. The maximum atomic E-state index is 12.4. The van der Waals surface area contributed by atoms with Gasteiger partial charge in [-0.05, 0) is 37.1 Å². The van der Waals surface area contributed by atoms with Crippen LogP contribution in [0.2, 0.25) is 5.02 Å². The molecule has 35 heavy (non-hydrogen) atoms. The van der Waals surface area contributed by atoms with Crippen molar-refractivity contribution in [3.05, 3.63) is 68.7 Å². The van der Waals surface area contributed by atoms with Gasteiger partial charge in [0.05, 0.1) is 16.4 Å². The Hall–Kier alpha value is -3.02. The van der Waals surface area contributed by atoms with E-state index in [9.17, 15) is 23.3 Å². The summed E-state index contributed by atoms with van der Waals surface area (Å²) < 4.78 is 24.9. The summed E-state index contributed by atoms with van der Waals surface area (Å²) in [6, 6.07) is 11.5. The number of rotatable bonds is 12. The predicted octanol–water partition coefficient (Wildman–Crippen LogP) is 2.40. The van der Waals surface area contributed by atoms with Crippen molar-refractivity contribution in [1.82, 2.24) is 15.5 Å². The monoisotopic (exact) mass is 521 g/mol. The molecular formula is C23H28ClN5O5S. The molecule has 0 aliphatic carbocycles. The van der Waals surface area contributed by atoms with Crippen molar-refractivity contribution < 1.29 is 18.1 Å². The quantitative estimate of drug-likeness (QED) is 0.249. The van der Waals surface area contributed by atoms with Gasteiger partial charge in [-0.2, -0.15) is 0 Å². The lowest BCUT2D eigenvalue weighted by Gasteiger charge is -2.17. The summed E-state index contributed by atoms with van der Waals surface area (Å²) in [5.41, 5.74) is 1.72. The Morgan fingerprint density at radius 3 is 2.66 bits per heavy atom. The standard InChI is InChI=1S/C23H28ClN5O5S/c1-28(14-10-17-4-6-18(7-5-17)23-26-12-13-27-23)22(30)3-2-11-25-16-35(33,34)19-8-9-20(24)21(15-19)29(31)32/h4-9,15,25H,2-3,10-14,16H2,1H3,(H,26,27). The van der Waals surface area contributed by atoms with E-state index in [-0.39, 0.29) is 22.2 Å². The van der Waals surface area contributed by atoms with E-state index in [0.29, 0.717) is 19.5 Å². The first-order valence-corrected chi connectivity index (χ1v) is 13.2. The molecule has 0 aromatic heterocycles. The summed E-state index contributed by atoms with van der Waals surface area (Å²) in [6.07, 6.45) is 1.47. The fraction of sp³-hybridized carbons (Fsp3) is 0.391. The van der Waals surface area contributed by atoms with E-state index in [4.69, 9.17) is 11.6 Å². The van der Waals surface area contributed by atoms with Gasteiger partial charge in [0, 0.05) is 38.2 Å². The molecule has 188 valence electrons. The minimum absolute atomic E-state index is 0.0240. The number of nitro groups is 1. The van der Waals surface area contributed by atoms with Crippen LogP contribution < -0.4 is 10.6 Å². The van der Waals surface area contributed by atoms with Gasteiger partial charge in [0.2, 0.25) is 5.91 Å². The molecule has 0 unspecified atom stereocenters. The normalized spacial score (nSPS) is 13.3. The number of amidine groups is 1. The molecule has 0 atom stereocenters. The average Bonchev–Trinajstić information content (AvgIpc) is 3.37.